The summed E-state index contributed by atoms with van der Waals surface area (Å²) < 4.78 is 45.1. The second-order valence-electron chi connectivity index (χ2n) is 13.2. The second kappa shape index (κ2) is 19.9. The Hall–Kier alpha value is -3.96. The molecule has 2 aliphatic heterocycles. The highest BCUT2D eigenvalue weighted by atomic mass is 16.5. The van der Waals surface area contributed by atoms with Crippen LogP contribution in [0.15, 0.2) is 12.1 Å². The van der Waals surface area contributed by atoms with Crippen LogP contribution in [0.1, 0.15) is 31.2 Å². The van der Waals surface area contributed by atoms with E-state index in [4.69, 9.17) is 57.8 Å². The molecule has 16 nitrogen and oxygen atoms in total. The van der Waals surface area contributed by atoms with Gasteiger partial charge in [0.25, 0.3) is 0 Å². The molecule has 5 rings (SSSR count). The van der Waals surface area contributed by atoms with Crippen LogP contribution in [0.5, 0.6) is 17.2 Å². The van der Waals surface area contributed by atoms with Crippen molar-refractivity contribution in [1.82, 2.24) is 19.9 Å². The summed E-state index contributed by atoms with van der Waals surface area (Å²) in [6, 6.07) is 3.90. The molecule has 16 heteroatoms. The summed E-state index contributed by atoms with van der Waals surface area (Å²) in [5.41, 5.74) is 2.34. The Bertz CT molecular complexity index is 1550. The highest BCUT2D eigenvalue weighted by Gasteiger charge is 2.30. The van der Waals surface area contributed by atoms with Crippen LogP contribution < -0.4 is 33.8 Å². The van der Waals surface area contributed by atoms with Crippen molar-refractivity contribution in [3.63, 3.8) is 0 Å². The van der Waals surface area contributed by atoms with E-state index >= 15 is 0 Å². The SMILES string of the molecule is COCCN(CCOC)c1nc(N2CCC(OC)CC2)c2nc(N(CCOC)Cc3cc(OC)c(OC)c(OC)c3)nc(N3CCC(OC)CC3)c2n1. The van der Waals surface area contributed by atoms with E-state index in [0.717, 1.165) is 69.1 Å². The van der Waals surface area contributed by atoms with Gasteiger partial charge in [0, 0.05) is 87.9 Å². The number of aromatic nitrogens is 4. The van der Waals surface area contributed by atoms with Crippen molar-refractivity contribution in [3.05, 3.63) is 17.7 Å². The van der Waals surface area contributed by atoms with Gasteiger partial charge >= 0.3 is 0 Å². The largest absolute Gasteiger partial charge is 0.493 e. The highest BCUT2D eigenvalue weighted by molar-refractivity contribution is 5.95. The quantitative estimate of drug-likeness (QED) is 0.167. The van der Waals surface area contributed by atoms with Gasteiger partial charge in [-0.05, 0) is 43.4 Å². The summed E-state index contributed by atoms with van der Waals surface area (Å²) in [7, 11) is 13.5. The third kappa shape index (κ3) is 9.78. The van der Waals surface area contributed by atoms with Crippen molar-refractivity contribution in [2.45, 2.75) is 44.4 Å². The van der Waals surface area contributed by atoms with Gasteiger partial charge in [0.1, 0.15) is 11.0 Å². The lowest BCUT2D eigenvalue weighted by molar-refractivity contribution is 0.0817. The summed E-state index contributed by atoms with van der Waals surface area (Å²) in [6.45, 7) is 6.74. The molecular formula is C37H58N8O8. The van der Waals surface area contributed by atoms with E-state index in [-0.39, 0.29) is 12.2 Å². The molecule has 0 aliphatic carbocycles. The standard InChI is InChI=1S/C37H58N8O8/c1-46-20-17-44(18-21-47-2)36-38-31-32(34(40-36)42-13-9-27(49-4)10-14-42)39-37(41-35(31)43-15-11-28(50-5)12-16-43)45(19-22-48-3)25-26-23-29(51-6)33(53-8)30(24-26)52-7/h23-24,27-28H,9-22,25H2,1-8H3. The first-order chi connectivity index (χ1) is 25.9. The Morgan fingerprint density at radius 3 is 1.36 bits per heavy atom. The highest BCUT2D eigenvalue weighted by Crippen LogP contribution is 2.39. The molecule has 1 aromatic carbocycles. The van der Waals surface area contributed by atoms with E-state index in [0.29, 0.717) is 86.2 Å². The fourth-order valence-electron chi connectivity index (χ4n) is 6.91. The Morgan fingerprint density at radius 2 is 0.981 bits per heavy atom. The van der Waals surface area contributed by atoms with Gasteiger partial charge in [-0.1, -0.05) is 0 Å². The monoisotopic (exact) mass is 742 g/mol. The molecule has 53 heavy (non-hydrogen) atoms. The molecule has 0 spiro atoms. The Labute approximate surface area is 313 Å². The first-order valence-electron chi connectivity index (χ1n) is 18.3. The molecule has 294 valence electrons. The van der Waals surface area contributed by atoms with Crippen molar-refractivity contribution in [1.29, 1.82) is 0 Å². The van der Waals surface area contributed by atoms with Crippen LogP contribution in [0, 0.1) is 0 Å². The molecule has 0 atom stereocenters. The predicted molar refractivity (Wildman–Crippen MR) is 205 cm³/mol. The molecule has 3 aromatic rings. The lowest BCUT2D eigenvalue weighted by Gasteiger charge is -2.35. The van der Waals surface area contributed by atoms with Gasteiger partial charge in [-0.15, -0.1) is 0 Å². The molecule has 2 aliphatic rings. The zero-order valence-corrected chi connectivity index (χ0v) is 32.8. The fraction of sp³-hybridized carbons (Fsp3) is 0.676. The summed E-state index contributed by atoms with van der Waals surface area (Å²) in [6.07, 6.45) is 3.90. The number of fused-ring (bicyclic) bond motifs is 1. The zero-order valence-electron chi connectivity index (χ0n) is 32.8. The first kappa shape index (κ1) is 40.2. The molecule has 2 aromatic heterocycles. The van der Waals surface area contributed by atoms with Gasteiger partial charge in [-0.3, -0.25) is 0 Å². The predicted octanol–water partition coefficient (Wildman–Crippen LogP) is 3.43. The van der Waals surface area contributed by atoms with E-state index < -0.39 is 0 Å². The fourth-order valence-corrected chi connectivity index (χ4v) is 6.91. The van der Waals surface area contributed by atoms with Crippen LogP contribution in [0.2, 0.25) is 0 Å². The molecule has 0 saturated carbocycles. The number of rotatable bonds is 20. The van der Waals surface area contributed by atoms with Crippen molar-refractivity contribution < 1.29 is 37.9 Å². The van der Waals surface area contributed by atoms with Crippen molar-refractivity contribution in [3.8, 4) is 17.2 Å². The number of nitrogens with zero attached hydrogens (tertiary/aromatic N) is 8. The third-order valence-electron chi connectivity index (χ3n) is 9.99. The summed E-state index contributed by atoms with van der Waals surface area (Å²) in [5.74, 6) is 4.36. The van der Waals surface area contributed by atoms with Crippen LogP contribution in [0.4, 0.5) is 23.5 Å². The van der Waals surface area contributed by atoms with Crippen LogP contribution in [-0.4, -0.2) is 155 Å². The van der Waals surface area contributed by atoms with Gasteiger partial charge in [0.05, 0.1) is 53.4 Å². The van der Waals surface area contributed by atoms with Crippen LogP contribution in [0.25, 0.3) is 11.0 Å². The maximum absolute atomic E-state index is 5.75. The number of ether oxygens (including phenoxy) is 8. The van der Waals surface area contributed by atoms with Crippen molar-refractivity contribution in [2.75, 3.05) is 142 Å². The molecular weight excluding hydrogens is 684 g/mol. The van der Waals surface area contributed by atoms with E-state index in [2.05, 4.69) is 19.6 Å². The van der Waals surface area contributed by atoms with Gasteiger partial charge in [-0.2, -0.15) is 9.97 Å². The third-order valence-corrected chi connectivity index (χ3v) is 9.99. The van der Waals surface area contributed by atoms with Crippen LogP contribution in [-0.2, 0) is 30.2 Å². The van der Waals surface area contributed by atoms with Crippen LogP contribution >= 0.6 is 0 Å². The molecule has 0 radical (unpaired) electrons. The molecule has 2 saturated heterocycles. The first-order valence-corrected chi connectivity index (χ1v) is 18.3. The number of hydrogen-bond acceptors (Lipinski definition) is 16. The van der Waals surface area contributed by atoms with Gasteiger partial charge < -0.3 is 57.5 Å². The van der Waals surface area contributed by atoms with Crippen molar-refractivity contribution in [2.24, 2.45) is 0 Å². The van der Waals surface area contributed by atoms with E-state index in [1.54, 1.807) is 56.9 Å². The number of piperidine rings is 2. The molecule has 0 N–H and O–H groups in total. The molecule has 2 fully saturated rings. The normalized spacial score (nSPS) is 15.6. The Balaban J connectivity index is 1.71. The van der Waals surface area contributed by atoms with Gasteiger partial charge in [-0.25, -0.2) is 9.97 Å². The zero-order chi connectivity index (χ0) is 37.7. The Morgan fingerprint density at radius 1 is 0.566 bits per heavy atom. The molecule has 0 unspecified atom stereocenters. The number of benzene rings is 1. The van der Waals surface area contributed by atoms with E-state index in [1.165, 1.54) is 0 Å². The van der Waals surface area contributed by atoms with Gasteiger partial charge in [0.15, 0.2) is 23.1 Å². The maximum Gasteiger partial charge on any atom is 0.228 e. The topological polar surface area (TPSA) is 138 Å². The minimum atomic E-state index is 0.193. The number of anilines is 4. The lowest BCUT2D eigenvalue weighted by atomic mass is 10.1. The Kier molecular flexibility index (Phi) is 15.1. The molecule has 4 heterocycles. The van der Waals surface area contributed by atoms with E-state index in [1.807, 2.05) is 12.1 Å². The minimum absolute atomic E-state index is 0.193. The van der Waals surface area contributed by atoms with Crippen molar-refractivity contribution >= 4 is 34.6 Å². The summed E-state index contributed by atoms with van der Waals surface area (Å²) >= 11 is 0. The van der Waals surface area contributed by atoms with E-state index in [9.17, 15) is 0 Å². The number of hydrogen-bond donors (Lipinski definition) is 0. The van der Waals surface area contributed by atoms with Crippen LogP contribution in [0.3, 0.4) is 0 Å². The second-order valence-corrected chi connectivity index (χ2v) is 13.2. The lowest BCUT2D eigenvalue weighted by Crippen LogP contribution is -2.39. The van der Waals surface area contributed by atoms with Gasteiger partial charge in [0.2, 0.25) is 17.6 Å². The molecule has 0 amide bonds. The average molecular weight is 743 g/mol. The summed E-state index contributed by atoms with van der Waals surface area (Å²) in [5, 5.41) is 0. The minimum Gasteiger partial charge on any atom is -0.493 e. The average Bonchev–Trinajstić information content (AvgIpc) is 3.21. The maximum atomic E-state index is 5.75. The number of methoxy groups -OCH3 is 8. The smallest absolute Gasteiger partial charge is 0.228 e. The molecule has 0 bridgehead atoms. The summed E-state index contributed by atoms with van der Waals surface area (Å²) in [4.78, 5) is 30.0.